The van der Waals surface area contributed by atoms with Gasteiger partial charge in [-0.1, -0.05) is 29.8 Å². The van der Waals surface area contributed by atoms with Crippen LogP contribution in [0, 0.1) is 26.6 Å². The van der Waals surface area contributed by atoms with Crippen molar-refractivity contribution in [3.63, 3.8) is 0 Å². The van der Waals surface area contributed by atoms with Gasteiger partial charge in [-0.25, -0.2) is 4.39 Å². The quantitative estimate of drug-likeness (QED) is 0.844. The van der Waals surface area contributed by atoms with E-state index in [0.29, 0.717) is 12.2 Å². The van der Waals surface area contributed by atoms with Crippen molar-refractivity contribution in [3.8, 4) is 0 Å². The van der Waals surface area contributed by atoms with Gasteiger partial charge in [-0.2, -0.15) is 0 Å². The minimum atomic E-state index is -0.194. The van der Waals surface area contributed by atoms with Gasteiger partial charge in [0.05, 0.1) is 5.69 Å². The Labute approximate surface area is 108 Å². The van der Waals surface area contributed by atoms with Gasteiger partial charge in [-0.3, -0.25) is 0 Å². The van der Waals surface area contributed by atoms with Crippen LogP contribution in [0.1, 0.15) is 22.3 Å². The third-order valence-corrected chi connectivity index (χ3v) is 3.10. The summed E-state index contributed by atoms with van der Waals surface area (Å²) in [6.07, 6.45) is 0. The molecule has 0 atom stereocenters. The molecule has 2 aromatic rings. The lowest BCUT2D eigenvalue weighted by Crippen LogP contribution is -2.03. The standard InChI is InChI=1S/C16H18FN/c1-11-4-6-13(3)14(8-11)10-18-16-7-5-12(2)9-15(16)17/h4-9,18H,10H2,1-3H3. The van der Waals surface area contributed by atoms with Gasteiger partial charge in [0.2, 0.25) is 0 Å². The van der Waals surface area contributed by atoms with E-state index in [4.69, 9.17) is 0 Å². The number of hydrogen-bond acceptors (Lipinski definition) is 1. The predicted octanol–water partition coefficient (Wildman–Crippen LogP) is 4.36. The van der Waals surface area contributed by atoms with Gasteiger partial charge in [-0.05, 0) is 49.6 Å². The molecule has 1 nitrogen and oxygen atoms in total. The molecule has 94 valence electrons. The lowest BCUT2D eigenvalue weighted by atomic mass is 10.1. The van der Waals surface area contributed by atoms with E-state index in [1.807, 2.05) is 13.0 Å². The second kappa shape index (κ2) is 5.21. The van der Waals surface area contributed by atoms with Gasteiger partial charge in [0.25, 0.3) is 0 Å². The molecular weight excluding hydrogens is 225 g/mol. The number of nitrogens with one attached hydrogen (secondary N) is 1. The van der Waals surface area contributed by atoms with Gasteiger partial charge in [-0.15, -0.1) is 0 Å². The summed E-state index contributed by atoms with van der Waals surface area (Å²) >= 11 is 0. The van der Waals surface area contributed by atoms with Crippen molar-refractivity contribution < 1.29 is 4.39 Å². The van der Waals surface area contributed by atoms with Crippen LogP contribution in [-0.2, 0) is 6.54 Å². The van der Waals surface area contributed by atoms with Gasteiger partial charge < -0.3 is 5.32 Å². The normalized spacial score (nSPS) is 10.4. The Balaban J connectivity index is 2.13. The monoisotopic (exact) mass is 243 g/mol. The van der Waals surface area contributed by atoms with E-state index in [1.165, 1.54) is 16.7 Å². The lowest BCUT2D eigenvalue weighted by Gasteiger charge is -2.11. The highest BCUT2D eigenvalue weighted by Gasteiger charge is 2.03. The smallest absolute Gasteiger partial charge is 0.146 e. The average molecular weight is 243 g/mol. The minimum absolute atomic E-state index is 0.194. The summed E-state index contributed by atoms with van der Waals surface area (Å²) in [5.41, 5.74) is 5.14. The number of benzene rings is 2. The number of halogens is 1. The van der Waals surface area contributed by atoms with Crippen LogP contribution in [-0.4, -0.2) is 0 Å². The van der Waals surface area contributed by atoms with Crippen LogP contribution in [0.2, 0.25) is 0 Å². The van der Waals surface area contributed by atoms with Crippen molar-refractivity contribution in [1.29, 1.82) is 0 Å². The molecule has 1 N–H and O–H groups in total. The van der Waals surface area contributed by atoms with Crippen molar-refractivity contribution in [1.82, 2.24) is 0 Å². The van der Waals surface area contributed by atoms with E-state index >= 15 is 0 Å². The minimum Gasteiger partial charge on any atom is -0.379 e. The number of aryl methyl sites for hydroxylation is 3. The van der Waals surface area contributed by atoms with E-state index < -0.39 is 0 Å². The van der Waals surface area contributed by atoms with Gasteiger partial charge in [0, 0.05) is 6.54 Å². The van der Waals surface area contributed by atoms with Crippen LogP contribution in [0.5, 0.6) is 0 Å². The molecule has 0 amide bonds. The first-order valence-corrected chi connectivity index (χ1v) is 6.12. The van der Waals surface area contributed by atoms with E-state index in [0.717, 1.165) is 5.56 Å². The zero-order chi connectivity index (χ0) is 13.1. The van der Waals surface area contributed by atoms with Crippen LogP contribution in [0.25, 0.3) is 0 Å². The molecule has 0 fully saturated rings. The SMILES string of the molecule is Cc1ccc(NCc2cc(C)ccc2C)c(F)c1. The van der Waals surface area contributed by atoms with E-state index in [2.05, 4.69) is 37.4 Å². The number of hydrogen-bond donors (Lipinski definition) is 1. The highest BCUT2D eigenvalue weighted by molar-refractivity contribution is 5.47. The molecule has 18 heavy (non-hydrogen) atoms. The second-order valence-electron chi connectivity index (χ2n) is 4.77. The summed E-state index contributed by atoms with van der Waals surface area (Å²) in [5.74, 6) is -0.194. The van der Waals surface area contributed by atoms with Crippen molar-refractivity contribution in [2.45, 2.75) is 27.3 Å². The predicted molar refractivity (Wildman–Crippen MR) is 74.4 cm³/mol. The Morgan fingerprint density at radius 2 is 1.61 bits per heavy atom. The summed E-state index contributed by atoms with van der Waals surface area (Å²) in [5, 5.41) is 3.15. The second-order valence-corrected chi connectivity index (χ2v) is 4.77. The molecule has 0 spiro atoms. The Bertz CT molecular complexity index is 561. The first-order valence-electron chi connectivity index (χ1n) is 6.12. The molecule has 0 saturated carbocycles. The molecule has 0 aliphatic rings. The Morgan fingerprint density at radius 1 is 0.944 bits per heavy atom. The molecule has 2 heteroatoms. The lowest BCUT2D eigenvalue weighted by molar-refractivity contribution is 0.629. The largest absolute Gasteiger partial charge is 0.379 e. The summed E-state index contributed by atoms with van der Waals surface area (Å²) in [6.45, 7) is 6.67. The fourth-order valence-electron chi connectivity index (χ4n) is 1.94. The molecule has 0 radical (unpaired) electrons. The fraction of sp³-hybridized carbons (Fsp3) is 0.250. The Kier molecular flexibility index (Phi) is 3.66. The van der Waals surface area contributed by atoms with Crippen molar-refractivity contribution >= 4 is 5.69 Å². The van der Waals surface area contributed by atoms with Crippen LogP contribution >= 0.6 is 0 Å². The summed E-state index contributed by atoms with van der Waals surface area (Å²) < 4.78 is 13.7. The summed E-state index contributed by atoms with van der Waals surface area (Å²) in [7, 11) is 0. The zero-order valence-electron chi connectivity index (χ0n) is 11.0. The zero-order valence-corrected chi connectivity index (χ0v) is 11.0. The van der Waals surface area contributed by atoms with Crippen LogP contribution in [0.4, 0.5) is 10.1 Å². The Morgan fingerprint density at radius 3 is 2.33 bits per heavy atom. The highest BCUT2D eigenvalue weighted by atomic mass is 19.1. The first-order chi connectivity index (χ1) is 8.56. The van der Waals surface area contributed by atoms with E-state index in [1.54, 1.807) is 12.1 Å². The number of anilines is 1. The summed E-state index contributed by atoms with van der Waals surface area (Å²) in [4.78, 5) is 0. The van der Waals surface area contributed by atoms with Gasteiger partial charge >= 0.3 is 0 Å². The molecule has 0 heterocycles. The summed E-state index contributed by atoms with van der Waals surface area (Å²) in [6, 6.07) is 11.6. The van der Waals surface area contributed by atoms with Gasteiger partial charge in [0.1, 0.15) is 5.82 Å². The van der Waals surface area contributed by atoms with E-state index in [9.17, 15) is 4.39 Å². The molecule has 0 unspecified atom stereocenters. The average Bonchev–Trinajstić information content (AvgIpc) is 2.32. The molecule has 0 aliphatic carbocycles. The highest BCUT2D eigenvalue weighted by Crippen LogP contribution is 2.18. The van der Waals surface area contributed by atoms with Crippen molar-refractivity contribution in [2.24, 2.45) is 0 Å². The van der Waals surface area contributed by atoms with Crippen molar-refractivity contribution in [2.75, 3.05) is 5.32 Å². The molecule has 2 rings (SSSR count). The van der Waals surface area contributed by atoms with Crippen LogP contribution in [0.3, 0.4) is 0 Å². The van der Waals surface area contributed by atoms with Crippen molar-refractivity contribution in [3.05, 3.63) is 64.5 Å². The van der Waals surface area contributed by atoms with Crippen LogP contribution < -0.4 is 5.32 Å². The van der Waals surface area contributed by atoms with Gasteiger partial charge in [0.15, 0.2) is 0 Å². The molecule has 0 saturated heterocycles. The third-order valence-electron chi connectivity index (χ3n) is 3.10. The third kappa shape index (κ3) is 2.89. The fourth-order valence-corrected chi connectivity index (χ4v) is 1.94. The maximum absolute atomic E-state index is 13.7. The molecule has 0 bridgehead atoms. The van der Waals surface area contributed by atoms with Crippen LogP contribution in [0.15, 0.2) is 36.4 Å². The molecule has 0 aromatic heterocycles. The molecule has 2 aromatic carbocycles. The number of rotatable bonds is 3. The molecular formula is C16H18FN. The maximum Gasteiger partial charge on any atom is 0.146 e. The Hall–Kier alpha value is -1.83. The van der Waals surface area contributed by atoms with E-state index in [-0.39, 0.29) is 5.82 Å². The first kappa shape index (κ1) is 12.6. The topological polar surface area (TPSA) is 12.0 Å². The molecule has 0 aliphatic heterocycles. The maximum atomic E-state index is 13.7.